The molecule has 187 valence electrons. The van der Waals surface area contributed by atoms with Gasteiger partial charge in [0.15, 0.2) is 23.1 Å². The summed E-state index contributed by atoms with van der Waals surface area (Å²) < 4.78 is 101. The number of hydrogen-bond acceptors (Lipinski definition) is 1. The van der Waals surface area contributed by atoms with Crippen LogP contribution < -0.4 is 4.74 Å². The van der Waals surface area contributed by atoms with Gasteiger partial charge in [-0.15, -0.1) is 0 Å². The molecule has 0 unspecified atom stereocenters. The molecule has 0 heterocycles. The monoisotopic (exact) mass is 499 g/mol. The fraction of sp³-hybridized carbons (Fsp3) is 0.308. The van der Waals surface area contributed by atoms with Crippen LogP contribution in [-0.2, 0) is 24.4 Å². The van der Waals surface area contributed by atoms with E-state index in [0.29, 0.717) is 30.2 Å². The number of ether oxygens (including phenoxy) is 1. The molecule has 3 aromatic rings. The highest BCUT2D eigenvalue weighted by molar-refractivity contribution is 5.72. The Kier molecular flexibility index (Phi) is 8.64. The van der Waals surface area contributed by atoms with E-state index >= 15 is 4.39 Å². The van der Waals surface area contributed by atoms with E-state index in [1.807, 2.05) is 6.92 Å². The normalized spacial score (nSPS) is 11.3. The van der Waals surface area contributed by atoms with Gasteiger partial charge in [0, 0.05) is 17.2 Å². The number of unbranched alkanes of at least 4 members (excludes halogenated alkanes) is 2. The molecule has 9 heteroatoms. The van der Waals surface area contributed by atoms with Gasteiger partial charge >= 0.3 is 6.61 Å². The molecule has 0 aromatic heterocycles. The van der Waals surface area contributed by atoms with Crippen molar-refractivity contribution < 1.29 is 40.6 Å². The first-order valence-electron chi connectivity index (χ1n) is 11.0. The second kappa shape index (κ2) is 11.5. The Morgan fingerprint density at radius 3 is 2.03 bits per heavy atom. The second-order valence-corrected chi connectivity index (χ2v) is 8.06. The van der Waals surface area contributed by atoms with Crippen molar-refractivity contribution in [3.8, 4) is 22.6 Å². The molecule has 0 aliphatic heterocycles. The predicted octanol–water partition coefficient (Wildman–Crippen LogP) is 8.31. The van der Waals surface area contributed by atoms with Crippen LogP contribution in [0.2, 0.25) is 0 Å². The molecule has 35 heavy (non-hydrogen) atoms. The van der Waals surface area contributed by atoms with Gasteiger partial charge in [-0.1, -0.05) is 31.9 Å². The Bertz CT molecular complexity index is 1170. The van der Waals surface area contributed by atoms with Crippen molar-refractivity contribution in [2.45, 2.75) is 52.1 Å². The molecule has 3 aromatic carbocycles. The maximum atomic E-state index is 15.2. The fourth-order valence-corrected chi connectivity index (χ4v) is 3.84. The molecule has 0 aliphatic carbocycles. The minimum absolute atomic E-state index is 0.0872. The first kappa shape index (κ1) is 26.4. The van der Waals surface area contributed by atoms with Crippen LogP contribution >= 0.6 is 0 Å². The van der Waals surface area contributed by atoms with Crippen LogP contribution in [0.5, 0.6) is 11.5 Å². The molecule has 0 N–H and O–H groups in total. The van der Waals surface area contributed by atoms with E-state index < -0.39 is 64.7 Å². The van der Waals surface area contributed by atoms with Gasteiger partial charge in [-0.25, -0.2) is 22.0 Å². The lowest BCUT2D eigenvalue weighted by Gasteiger charge is -2.13. The van der Waals surface area contributed by atoms with Crippen molar-refractivity contribution in [3.63, 3.8) is 0 Å². The smallest absolute Gasteiger partial charge is 0.387 e. The van der Waals surface area contributed by atoms with E-state index in [9.17, 15) is 31.4 Å². The van der Waals surface area contributed by atoms with E-state index in [4.69, 9.17) is 0 Å². The summed E-state index contributed by atoms with van der Waals surface area (Å²) in [6.45, 7) is -1.42. The summed E-state index contributed by atoms with van der Waals surface area (Å²) in [5.74, 6) is -8.42. The van der Waals surface area contributed by atoms with Crippen molar-refractivity contribution in [1.29, 1.82) is 0 Å². The van der Waals surface area contributed by atoms with Gasteiger partial charge in [0.2, 0.25) is 0 Å². The van der Waals surface area contributed by atoms with E-state index in [1.165, 1.54) is 12.1 Å². The zero-order valence-electron chi connectivity index (χ0n) is 18.7. The van der Waals surface area contributed by atoms with Gasteiger partial charge in [0.05, 0.1) is 5.56 Å². The lowest BCUT2D eigenvalue weighted by atomic mass is 9.95. The van der Waals surface area contributed by atoms with E-state index in [2.05, 4.69) is 4.74 Å². The van der Waals surface area contributed by atoms with E-state index in [0.717, 1.165) is 19.3 Å². The topological polar surface area (TPSA) is 29.1 Å². The Labute approximate surface area is 198 Å². The fourth-order valence-electron chi connectivity index (χ4n) is 3.84. The second-order valence-electron chi connectivity index (χ2n) is 8.06. The molecule has 0 fully saturated rings. The van der Waals surface area contributed by atoms with Crippen molar-refractivity contribution in [2.24, 2.45) is 0 Å². The van der Waals surface area contributed by atoms with Gasteiger partial charge < -0.3 is 4.74 Å². The zero-order chi connectivity index (χ0) is 25.7. The van der Waals surface area contributed by atoms with E-state index in [-0.39, 0.29) is 17.5 Å². The van der Waals surface area contributed by atoms with Crippen molar-refractivity contribution in [1.82, 2.24) is 0 Å². The molecular formula is C26H22F7O2. The number of hydrogen-bond donors (Lipinski definition) is 0. The van der Waals surface area contributed by atoms with Crippen LogP contribution in [0.15, 0.2) is 36.4 Å². The number of rotatable bonds is 10. The largest absolute Gasteiger partial charge is 0.429 e. The Morgan fingerprint density at radius 2 is 1.43 bits per heavy atom. The minimum Gasteiger partial charge on any atom is -0.429 e. The predicted molar refractivity (Wildman–Crippen MR) is 116 cm³/mol. The van der Waals surface area contributed by atoms with Gasteiger partial charge in [-0.2, -0.15) is 8.78 Å². The van der Waals surface area contributed by atoms with Crippen molar-refractivity contribution >= 4 is 0 Å². The minimum atomic E-state index is -3.44. The summed E-state index contributed by atoms with van der Waals surface area (Å²) in [5, 5.41) is 12.3. The van der Waals surface area contributed by atoms with E-state index in [1.54, 1.807) is 6.07 Å². The molecule has 2 nitrogen and oxygen atoms in total. The van der Waals surface area contributed by atoms with Crippen LogP contribution in [0.3, 0.4) is 0 Å². The lowest BCUT2D eigenvalue weighted by Crippen LogP contribution is -2.07. The van der Waals surface area contributed by atoms with Gasteiger partial charge in [0.25, 0.3) is 0 Å². The lowest BCUT2D eigenvalue weighted by molar-refractivity contribution is -0.0546. The molecule has 0 aliphatic rings. The molecule has 0 saturated carbocycles. The molecule has 0 bridgehead atoms. The Balaban J connectivity index is 1.88. The number of halogens is 7. The Morgan fingerprint density at radius 1 is 0.771 bits per heavy atom. The summed E-state index contributed by atoms with van der Waals surface area (Å²) in [4.78, 5) is 0. The summed E-state index contributed by atoms with van der Waals surface area (Å²) in [5.41, 5.74) is -0.940. The van der Waals surface area contributed by atoms with Crippen LogP contribution in [-0.4, -0.2) is 6.61 Å². The van der Waals surface area contributed by atoms with Crippen LogP contribution in [0.25, 0.3) is 11.1 Å². The van der Waals surface area contributed by atoms with Crippen LogP contribution in [0.4, 0.5) is 30.7 Å². The quantitative estimate of drug-likeness (QED) is 0.204. The maximum Gasteiger partial charge on any atom is 0.387 e. The highest BCUT2D eigenvalue weighted by Crippen LogP contribution is 2.38. The first-order chi connectivity index (χ1) is 16.6. The third kappa shape index (κ3) is 6.26. The van der Waals surface area contributed by atoms with Crippen LogP contribution in [0.1, 0.15) is 42.9 Å². The average molecular weight is 499 g/mol. The van der Waals surface area contributed by atoms with Gasteiger partial charge in [-0.05, 0) is 55.0 Å². The highest BCUT2D eigenvalue weighted by Gasteiger charge is 2.24. The zero-order valence-corrected chi connectivity index (χ0v) is 18.7. The average Bonchev–Trinajstić information content (AvgIpc) is 2.77. The molecule has 0 spiro atoms. The highest BCUT2D eigenvalue weighted by atomic mass is 19.3. The van der Waals surface area contributed by atoms with Crippen molar-refractivity contribution in [3.05, 3.63) is 82.2 Å². The van der Waals surface area contributed by atoms with Crippen molar-refractivity contribution in [2.75, 3.05) is 0 Å². The van der Waals surface area contributed by atoms with Crippen LogP contribution in [0, 0.1) is 29.1 Å². The summed E-state index contributed by atoms with van der Waals surface area (Å²) in [7, 11) is 0. The summed E-state index contributed by atoms with van der Waals surface area (Å²) in [6, 6.07) is 5.99. The van der Waals surface area contributed by atoms with Gasteiger partial charge in [-0.3, -0.25) is 5.11 Å². The number of benzene rings is 3. The Hall–Kier alpha value is -3.23. The molecule has 0 saturated heterocycles. The molecule has 0 atom stereocenters. The number of aryl methyl sites for hydroxylation is 2. The summed E-state index contributed by atoms with van der Waals surface area (Å²) in [6.07, 6.45) is 2.66. The standard InChI is InChI=1S/C26H22F7O2/c1-2-3-4-5-14-6-8-16(18(27)10-14)23-22(34)13-19(28)17(24(23)31)9-7-15-11-20(29)25(21(30)12-15)35-26(32)33/h6,8,10-13,26H,2-5,7,9H2,1H3. The number of alkyl halides is 2. The van der Waals surface area contributed by atoms with Gasteiger partial charge in [0.1, 0.15) is 17.5 Å². The molecule has 3 rings (SSSR count). The maximum absolute atomic E-state index is 15.2. The third-order valence-corrected chi connectivity index (χ3v) is 5.58. The molecular weight excluding hydrogens is 477 g/mol. The third-order valence-electron chi connectivity index (χ3n) is 5.58. The molecule has 0 amide bonds. The summed E-state index contributed by atoms with van der Waals surface area (Å²) >= 11 is 0. The first-order valence-corrected chi connectivity index (χ1v) is 11.0. The SMILES string of the molecule is CCCCCc1ccc(-c2c([O])cc(F)c(CCc3cc(F)c(OC(F)F)c(F)c3)c2F)c(F)c1. The molecule has 1 radical (unpaired) electrons.